The molecule has 0 spiro atoms. The first-order valence-electron chi connectivity index (χ1n) is 19.1. The molecule has 0 aromatic carbocycles. The van der Waals surface area contributed by atoms with E-state index >= 15 is 0 Å². The Morgan fingerprint density at radius 2 is 1.61 bits per heavy atom. The molecule has 10 heteroatoms. The van der Waals surface area contributed by atoms with Gasteiger partial charge in [-0.2, -0.15) is 0 Å². The largest absolute Gasteiger partial charge is 0.393 e. The van der Waals surface area contributed by atoms with E-state index in [4.69, 9.17) is 33.2 Å². The van der Waals surface area contributed by atoms with Crippen molar-refractivity contribution < 1.29 is 43.1 Å². The van der Waals surface area contributed by atoms with Gasteiger partial charge >= 0.3 is 0 Å². The Morgan fingerprint density at radius 1 is 0.857 bits per heavy atom. The third kappa shape index (κ3) is 7.79. The van der Waals surface area contributed by atoms with Crippen LogP contribution in [0, 0.1) is 17.8 Å². The normalized spacial score (nSPS) is 51.4. The lowest BCUT2D eigenvalue weighted by Gasteiger charge is -2.54. The maximum Gasteiger partial charge on any atom is 0.135 e. The smallest absolute Gasteiger partial charge is 0.135 e. The summed E-state index contributed by atoms with van der Waals surface area (Å²) in [7, 11) is 1.71. The molecule has 7 saturated heterocycles. The van der Waals surface area contributed by atoms with Gasteiger partial charge in [-0.1, -0.05) is 49.6 Å². The number of hydrogen-bond donors (Lipinski definition) is 1. The predicted molar refractivity (Wildman–Crippen MR) is 193 cm³/mol. The summed E-state index contributed by atoms with van der Waals surface area (Å²) in [5.41, 5.74) is 1.72. The van der Waals surface area contributed by atoms with Crippen molar-refractivity contribution in [2.24, 2.45) is 17.8 Å². The Bertz CT molecular complexity index is 1230. The molecule has 9 nitrogen and oxygen atoms in total. The first-order valence-corrected chi connectivity index (χ1v) is 20.3. The molecular formula is C39H59IO9. The average molecular weight is 799 g/mol. The number of carbonyl (C=O) groups is 1. The van der Waals surface area contributed by atoms with Gasteiger partial charge in [0.15, 0.2) is 0 Å². The molecule has 7 aliphatic rings. The summed E-state index contributed by atoms with van der Waals surface area (Å²) in [5, 5.41) is 11.5. The van der Waals surface area contributed by atoms with Crippen LogP contribution in [0.2, 0.25) is 0 Å². The number of methoxy groups -OCH3 is 1. The zero-order chi connectivity index (χ0) is 34.6. The fraction of sp³-hybridized carbons (Fsp3) is 0.872. The molecule has 8 unspecified atom stereocenters. The number of Topliss-reactive ketones (excluding diaryl/α,β-unsaturated/α-hetero) is 1. The lowest BCUT2D eigenvalue weighted by Crippen LogP contribution is -2.65. The van der Waals surface area contributed by atoms with Gasteiger partial charge in [0.2, 0.25) is 0 Å². The summed E-state index contributed by atoms with van der Waals surface area (Å²) in [6, 6.07) is 0. The fourth-order valence-electron chi connectivity index (χ4n) is 10.00. The van der Waals surface area contributed by atoms with Crippen molar-refractivity contribution in [1.29, 1.82) is 0 Å². The van der Waals surface area contributed by atoms with E-state index in [-0.39, 0.29) is 88.7 Å². The van der Waals surface area contributed by atoms with E-state index in [0.717, 1.165) is 62.5 Å². The zero-order valence-corrected chi connectivity index (χ0v) is 32.1. The quantitative estimate of drug-likeness (QED) is 0.193. The highest BCUT2D eigenvalue weighted by molar-refractivity contribution is 14.1. The van der Waals surface area contributed by atoms with Gasteiger partial charge in [0, 0.05) is 44.6 Å². The van der Waals surface area contributed by atoms with Crippen LogP contribution in [0.3, 0.4) is 0 Å². The third-order valence-electron chi connectivity index (χ3n) is 13.1. The van der Waals surface area contributed by atoms with E-state index in [1.165, 1.54) is 0 Å². The van der Waals surface area contributed by atoms with E-state index in [0.29, 0.717) is 38.2 Å². The molecular weight excluding hydrogens is 739 g/mol. The summed E-state index contributed by atoms with van der Waals surface area (Å²) >= 11 is 2.46. The number of carbonyl (C=O) groups excluding carboxylic acids is 1. The molecule has 7 fully saturated rings. The second-order valence-corrected chi connectivity index (χ2v) is 18.2. The second-order valence-electron chi connectivity index (χ2n) is 16.7. The molecule has 49 heavy (non-hydrogen) atoms. The molecule has 0 aromatic heterocycles. The van der Waals surface area contributed by atoms with Crippen molar-refractivity contribution in [2.75, 3.05) is 13.7 Å². The number of hydrogen-bond acceptors (Lipinski definition) is 9. The Labute approximate surface area is 306 Å². The summed E-state index contributed by atoms with van der Waals surface area (Å²) in [5.74, 6) is 0.440. The van der Waals surface area contributed by atoms with Crippen molar-refractivity contribution >= 4 is 28.4 Å². The predicted octanol–water partition coefficient (Wildman–Crippen LogP) is 6.06. The molecule has 7 heterocycles. The van der Waals surface area contributed by atoms with Crippen LogP contribution in [0.25, 0.3) is 0 Å². The Balaban J connectivity index is 1.15. The molecule has 0 saturated carbocycles. The maximum atomic E-state index is 13.8. The van der Waals surface area contributed by atoms with Crippen molar-refractivity contribution in [1.82, 2.24) is 0 Å². The molecule has 0 radical (unpaired) electrons. The fourth-order valence-corrected chi connectivity index (χ4v) is 11.4. The van der Waals surface area contributed by atoms with Crippen LogP contribution in [-0.2, 0) is 38.0 Å². The van der Waals surface area contributed by atoms with E-state index in [1.807, 2.05) is 0 Å². The standard InChI is InChI=1S/C39H59IO9/c1-20-13-25-7-9-30-21(2)14-27(45-30)11-12-39(5)18-29(42)23(4)36-35(40)38(49-39)37-31(48-36)10-8-26(47-37)15-24(41)16-28-33(44-19-34(28)43-6)17-32(46-25)22(20)3/h20,23,25-38,42H,2-3,7-19H2,1,4-6H3/t20-,23+,25+,26?,27?,28?,29?,30+,31?,32-,33?,34+,35?,36+,37+,38?,39+/m1/s1. The molecule has 0 amide bonds. The van der Waals surface area contributed by atoms with Crippen LogP contribution >= 0.6 is 22.6 Å². The SMILES string of the molecule is C=C1CC2CC[C@@]3(C)CC(O)[C@H](C)[C@@H]4OC5CCC(CC(=O)CC6C(C[C@H]7O[C@@H](CC[C@@H]1O2)C[C@@H](C)C7=C)OC[C@@H]6OC)O[C@@H]5C(O3)C4I. The maximum absolute atomic E-state index is 13.8. The van der Waals surface area contributed by atoms with Gasteiger partial charge in [0.1, 0.15) is 18.0 Å². The monoisotopic (exact) mass is 798 g/mol. The van der Waals surface area contributed by atoms with Crippen LogP contribution in [0.15, 0.2) is 24.3 Å². The van der Waals surface area contributed by atoms with E-state index in [2.05, 4.69) is 56.5 Å². The van der Waals surface area contributed by atoms with Crippen molar-refractivity contribution in [2.45, 2.75) is 181 Å². The van der Waals surface area contributed by atoms with Crippen molar-refractivity contribution in [3.05, 3.63) is 24.3 Å². The number of aliphatic hydroxyl groups excluding tert-OH is 1. The number of alkyl halides is 1. The number of rotatable bonds is 1. The minimum absolute atomic E-state index is 0.00741. The minimum Gasteiger partial charge on any atom is -0.393 e. The van der Waals surface area contributed by atoms with Gasteiger partial charge in [-0.05, 0) is 75.4 Å². The molecule has 1 N–H and O–H groups in total. The molecule has 0 aliphatic carbocycles. The van der Waals surface area contributed by atoms with E-state index in [9.17, 15) is 9.90 Å². The summed E-state index contributed by atoms with van der Waals surface area (Å²) in [6.07, 6.45) is 7.01. The third-order valence-corrected chi connectivity index (χ3v) is 14.5. The lowest BCUT2D eigenvalue weighted by atomic mass is 9.78. The second kappa shape index (κ2) is 15.1. The van der Waals surface area contributed by atoms with Crippen LogP contribution < -0.4 is 0 Å². The number of aliphatic hydroxyl groups is 1. The molecule has 7 aliphatic heterocycles. The lowest BCUT2D eigenvalue weighted by molar-refractivity contribution is -0.276. The molecule has 0 aromatic rings. The first-order chi connectivity index (χ1) is 23.4. The van der Waals surface area contributed by atoms with Gasteiger partial charge in [0.05, 0.1) is 77.2 Å². The van der Waals surface area contributed by atoms with E-state index < -0.39 is 11.7 Å². The van der Waals surface area contributed by atoms with Gasteiger partial charge < -0.3 is 38.3 Å². The molecule has 9 bridgehead atoms. The zero-order valence-electron chi connectivity index (χ0n) is 29.9. The minimum atomic E-state index is -0.559. The van der Waals surface area contributed by atoms with Crippen LogP contribution in [0.5, 0.6) is 0 Å². The van der Waals surface area contributed by atoms with Crippen molar-refractivity contribution in [3.63, 3.8) is 0 Å². The topological polar surface area (TPSA) is 102 Å². The number of halogens is 1. The number of fused-ring (bicyclic) bond motifs is 8. The van der Waals surface area contributed by atoms with Crippen LogP contribution in [-0.4, -0.2) is 107 Å². The van der Waals surface area contributed by atoms with Crippen LogP contribution in [0.1, 0.15) is 97.8 Å². The van der Waals surface area contributed by atoms with Gasteiger partial charge in [-0.25, -0.2) is 0 Å². The van der Waals surface area contributed by atoms with Crippen molar-refractivity contribution in [3.8, 4) is 0 Å². The highest BCUT2D eigenvalue weighted by Crippen LogP contribution is 2.46. The summed E-state index contributed by atoms with van der Waals surface area (Å²) in [4.78, 5) is 13.8. The molecule has 17 atom stereocenters. The number of ether oxygens (including phenoxy) is 7. The van der Waals surface area contributed by atoms with Crippen LogP contribution in [0.4, 0.5) is 0 Å². The highest BCUT2D eigenvalue weighted by Gasteiger charge is 2.55. The Kier molecular flexibility index (Phi) is 11.4. The number of ketones is 1. The highest BCUT2D eigenvalue weighted by atomic mass is 127. The Morgan fingerprint density at radius 3 is 2.41 bits per heavy atom. The summed E-state index contributed by atoms with van der Waals surface area (Å²) in [6.45, 7) is 15.9. The van der Waals surface area contributed by atoms with Gasteiger partial charge in [0.25, 0.3) is 0 Å². The van der Waals surface area contributed by atoms with Gasteiger partial charge in [-0.3, -0.25) is 4.79 Å². The summed E-state index contributed by atoms with van der Waals surface area (Å²) < 4.78 is 46.2. The van der Waals surface area contributed by atoms with Gasteiger partial charge in [-0.15, -0.1) is 0 Å². The Hall–Kier alpha value is -0.440. The molecule has 7 rings (SSSR count). The van der Waals surface area contributed by atoms with E-state index in [1.54, 1.807) is 7.11 Å². The molecule has 276 valence electrons. The first kappa shape index (κ1) is 36.9. The average Bonchev–Trinajstić information content (AvgIpc) is 3.62.